The molecule has 1 aromatic rings. The van der Waals surface area contributed by atoms with Crippen LogP contribution in [-0.4, -0.2) is 59.2 Å². The van der Waals surface area contributed by atoms with E-state index in [1.54, 1.807) is 34.1 Å². The Morgan fingerprint density at radius 2 is 2.09 bits per heavy atom. The lowest BCUT2D eigenvalue weighted by molar-refractivity contribution is -0.136. The second-order valence-electron chi connectivity index (χ2n) is 6.03. The zero-order valence-corrected chi connectivity index (χ0v) is 13.5. The van der Waals surface area contributed by atoms with Crippen molar-refractivity contribution in [2.75, 3.05) is 19.6 Å². The molecule has 0 bridgehead atoms. The van der Waals surface area contributed by atoms with Gasteiger partial charge in [0.2, 0.25) is 11.8 Å². The van der Waals surface area contributed by atoms with Crippen LogP contribution in [0, 0.1) is 0 Å². The second-order valence-corrected chi connectivity index (χ2v) is 6.47. The zero-order chi connectivity index (χ0) is 16.6. The summed E-state index contributed by atoms with van der Waals surface area (Å²) >= 11 is 5.93. The second kappa shape index (κ2) is 6.20. The SMILES string of the molecule is CC(=O)NC1CC2CN(C(=O)c3cccc(Cl)c3)CC(=O)N2C1. The molecule has 2 aliphatic heterocycles. The Kier molecular flexibility index (Phi) is 4.26. The lowest BCUT2D eigenvalue weighted by Gasteiger charge is -2.36. The number of piperazine rings is 1. The number of fused-ring (bicyclic) bond motifs is 1. The number of halogens is 1. The molecule has 3 rings (SSSR count). The van der Waals surface area contributed by atoms with E-state index in [4.69, 9.17) is 11.6 Å². The average molecular weight is 336 g/mol. The molecule has 6 nitrogen and oxygen atoms in total. The van der Waals surface area contributed by atoms with E-state index in [2.05, 4.69) is 5.32 Å². The predicted molar refractivity (Wildman–Crippen MR) is 85.1 cm³/mol. The fourth-order valence-corrected chi connectivity index (χ4v) is 3.51. The number of hydrogen-bond donors (Lipinski definition) is 1. The number of rotatable bonds is 2. The molecule has 2 heterocycles. The van der Waals surface area contributed by atoms with Gasteiger partial charge in [-0.25, -0.2) is 0 Å². The third-order valence-corrected chi connectivity index (χ3v) is 4.49. The van der Waals surface area contributed by atoms with E-state index in [0.29, 0.717) is 30.1 Å². The summed E-state index contributed by atoms with van der Waals surface area (Å²) in [7, 11) is 0. The van der Waals surface area contributed by atoms with Gasteiger partial charge in [0.1, 0.15) is 6.54 Å². The van der Waals surface area contributed by atoms with Crippen LogP contribution < -0.4 is 5.32 Å². The zero-order valence-electron chi connectivity index (χ0n) is 12.8. The van der Waals surface area contributed by atoms with E-state index >= 15 is 0 Å². The van der Waals surface area contributed by atoms with E-state index in [-0.39, 0.29) is 36.3 Å². The summed E-state index contributed by atoms with van der Waals surface area (Å²) in [6.07, 6.45) is 0.671. The molecule has 1 aromatic carbocycles. The quantitative estimate of drug-likeness (QED) is 0.873. The van der Waals surface area contributed by atoms with E-state index in [0.717, 1.165) is 0 Å². The monoisotopic (exact) mass is 335 g/mol. The largest absolute Gasteiger partial charge is 0.352 e. The maximum Gasteiger partial charge on any atom is 0.254 e. The third-order valence-electron chi connectivity index (χ3n) is 4.26. The first-order chi connectivity index (χ1) is 10.9. The first-order valence-electron chi connectivity index (χ1n) is 7.55. The highest BCUT2D eigenvalue weighted by Gasteiger charge is 2.41. The van der Waals surface area contributed by atoms with Gasteiger partial charge < -0.3 is 15.1 Å². The summed E-state index contributed by atoms with van der Waals surface area (Å²) in [6.45, 7) is 2.53. The minimum atomic E-state index is -0.191. The molecule has 0 aromatic heterocycles. The molecule has 0 radical (unpaired) electrons. The van der Waals surface area contributed by atoms with Crippen LogP contribution in [0.3, 0.4) is 0 Å². The van der Waals surface area contributed by atoms with Crippen molar-refractivity contribution in [2.45, 2.75) is 25.4 Å². The predicted octanol–water partition coefficient (Wildman–Crippen LogP) is 0.901. The highest BCUT2D eigenvalue weighted by Crippen LogP contribution is 2.24. The van der Waals surface area contributed by atoms with Crippen LogP contribution in [-0.2, 0) is 9.59 Å². The van der Waals surface area contributed by atoms with Gasteiger partial charge in [0.05, 0.1) is 6.04 Å². The van der Waals surface area contributed by atoms with Gasteiger partial charge >= 0.3 is 0 Å². The fraction of sp³-hybridized carbons (Fsp3) is 0.438. The van der Waals surface area contributed by atoms with Crippen molar-refractivity contribution in [3.05, 3.63) is 34.9 Å². The van der Waals surface area contributed by atoms with E-state index < -0.39 is 0 Å². The number of amides is 3. The van der Waals surface area contributed by atoms with Gasteiger partial charge in [-0.05, 0) is 24.6 Å². The smallest absolute Gasteiger partial charge is 0.254 e. The molecule has 2 unspecified atom stereocenters. The maximum atomic E-state index is 12.6. The van der Waals surface area contributed by atoms with Crippen LogP contribution in [0.5, 0.6) is 0 Å². The van der Waals surface area contributed by atoms with Gasteiger partial charge in [0, 0.05) is 36.6 Å². The molecule has 7 heteroatoms. The van der Waals surface area contributed by atoms with Crippen molar-refractivity contribution in [2.24, 2.45) is 0 Å². The summed E-state index contributed by atoms with van der Waals surface area (Å²) in [5, 5.41) is 3.34. The lowest BCUT2D eigenvalue weighted by atomic mass is 10.1. The van der Waals surface area contributed by atoms with Crippen LogP contribution in [0.2, 0.25) is 5.02 Å². The first kappa shape index (κ1) is 15.8. The fourth-order valence-electron chi connectivity index (χ4n) is 3.32. The molecule has 1 N–H and O–H groups in total. The van der Waals surface area contributed by atoms with Crippen molar-refractivity contribution >= 4 is 29.3 Å². The Balaban J connectivity index is 1.72. The summed E-state index contributed by atoms with van der Waals surface area (Å²) in [5.41, 5.74) is 0.482. The highest BCUT2D eigenvalue weighted by molar-refractivity contribution is 6.31. The van der Waals surface area contributed by atoms with Crippen LogP contribution in [0.4, 0.5) is 0 Å². The Hall–Kier alpha value is -2.08. The third kappa shape index (κ3) is 3.32. The van der Waals surface area contributed by atoms with Crippen molar-refractivity contribution in [1.82, 2.24) is 15.1 Å². The number of carbonyl (C=O) groups excluding carboxylic acids is 3. The van der Waals surface area contributed by atoms with Crippen LogP contribution >= 0.6 is 11.6 Å². The van der Waals surface area contributed by atoms with Gasteiger partial charge in [0.15, 0.2) is 0 Å². The van der Waals surface area contributed by atoms with Gasteiger partial charge in [-0.3, -0.25) is 14.4 Å². The van der Waals surface area contributed by atoms with Gasteiger partial charge in [-0.15, -0.1) is 0 Å². The molecule has 2 atom stereocenters. The lowest BCUT2D eigenvalue weighted by Crippen LogP contribution is -2.55. The Labute approximate surface area is 139 Å². The molecule has 0 aliphatic carbocycles. The van der Waals surface area contributed by atoms with Crippen molar-refractivity contribution in [1.29, 1.82) is 0 Å². The Morgan fingerprint density at radius 1 is 1.30 bits per heavy atom. The van der Waals surface area contributed by atoms with Crippen LogP contribution in [0.15, 0.2) is 24.3 Å². The molecule has 0 saturated carbocycles. The Morgan fingerprint density at radius 3 is 2.78 bits per heavy atom. The molecular weight excluding hydrogens is 318 g/mol. The average Bonchev–Trinajstić information content (AvgIpc) is 2.88. The molecule has 0 spiro atoms. The molecular formula is C16H18ClN3O3. The van der Waals surface area contributed by atoms with Gasteiger partial charge in [-0.2, -0.15) is 0 Å². The van der Waals surface area contributed by atoms with E-state index in [1.165, 1.54) is 6.92 Å². The summed E-state index contributed by atoms with van der Waals surface area (Å²) < 4.78 is 0. The van der Waals surface area contributed by atoms with E-state index in [1.807, 2.05) is 0 Å². The van der Waals surface area contributed by atoms with Crippen LogP contribution in [0.1, 0.15) is 23.7 Å². The van der Waals surface area contributed by atoms with Crippen LogP contribution in [0.25, 0.3) is 0 Å². The summed E-state index contributed by atoms with van der Waals surface area (Å²) in [4.78, 5) is 39.4. The minimum absolute atomic E-state index is 0.0392. The van der Waals surface area contributed by atoms with Crippen molar-refractivity contribution in [3.63, 3.8) is 0 Å². The van der Waals surface area contributed by atoms with Crippen molar-refractivity contribution < 1.29 is 14.4 Å². The number of nitrogens with one attached hydrogen (secondary N) is 1. The molecule has 23 heavy (non-hydrogen) atoms. The van der Waals surface area contributed by atoms with Gasteiger partial charge in [0.25, 0.3) is 5.91 Å². The molecule has 2 saturated heterocycles. The molecule has 2 fully saturated rings. The van der Waals surface area contributed by atoms with E-state index in [9.17, 15) is 14.4 Å². The Bertz CT molecular complexity index is 664. The highest BCUT2D eigenvalue weighted by atomic mass is 35.5. The topological polar surface area (TPSA) is 69.7 Å². The number of nitrogens with zero attached hydrogens (tertiary/aromatic N) is 2. The number of benzene rings is 1. The molecule has 2 aliphatic rings. The first-order valence-corrected chi connectivity index (χ1v) is 7.93. The maximum absolute atomic E-state index is 12.6. The molecule has 3 amide bonds. The minimum Gasteiger partial charge on any atom is -0.352 e. The number of hydrogen-bond acceptors (Lipinski definition) is 3. The van der Waals surface area contributed by atoms with Crippen molar-refractivity contribution in [3.8, 4) is 0 Å². The number of carbonyl (C=O) groups is 3. The molecule has 122 valence electrons. The summed E-state index contributed by atoms with van der Waals surface area (Å²) in [5.74, 6) is -0.373. The standard InChI is InChI=1S/C16H18ClN3O3/c1-10(21)18-13-6-14-8-19(9-15(22)20(14)7-13)16(23)11-3-2-4-12(17)5-11/h2-5,13-14H,6-9H2,1H3,(H,18,21). The normalized spacial score (nSPS) is 23.7. The van der Waals surface area contributed by atoms with Gasteiger partial charge in [-0.1, -0.05) is 17.7 Å². The summed E-state index contributed by atoms with van der Waals surface area (Å²) in [6, 6.07) is 6.64.